The van der Waals surface area contributed by atoms with Crippen molar-refractivity contribution >= 4 is 21.9 Å². The van der Waals surface area contributed by atoms with Gasteiger partial charge in [0.25, 0.3) is 5.91 Å². The Bertz CT molecular complexity index is 1010. The van der Waals surface area contributed by atoms with Crippen LogP contribution in [0.2, 0.25) is 0 Å². The molecule has 0 spiro atoms. The molecular formula is C21H26N2O8S. The molecule has 2 aromatic carbocycles. The molecule has 0 aromatic heterocycles. The summed E-state index contributed by atoms with van der Waals surface area (Å²) in [6.45, 7) is -0.197. The van der Waals surface area contributed by atoms with E-state index in [1.54, 1.807) is 24.3 Å². The van der Waals surface area contributed by atoms with Crippen molar-refractivity contribution < 1.29 is 37.4 Å². The van der Waals surface area contributed by atoms with Gasteiger partial charge in [-0.3, -0.25) is 14.8 Å². The number of amides is 1. The standard InChI is InChI=1S/C21H26N2O8S/c1-29-16-6-4-15(5-7-16)14-23(19(21(25)22-26)12-13-20(24)31-3)32(27,28)18-10-8-17(30-2)9-11-18/h4-11,19,26H,12-14H2,1-3H3,(H,22,25)/t19-/m1/s1. The molecule has 10 nitrogen and oxygen atoms in total. The predicted molar refractivity (Wildman–Crippen MR) is 114 cm³/mol. The fourth-order valence-electron chi connectivity index (χ4n) is 2.99. The van der Waals surface area contributed by atoms with Gasteiger partial charge in [-0.15, -0.1) is 0 Å². The highest BCUT2D eigenvalue weighted by molar-refractivity contribution is 7.89. The summed E-state index contributed by atoms with van der Waals surface area (Å²) in [5.74, 6) is -0.555. The number of carbonyl (C=O) groups is 2. The summed E-state index contributed by atoms with van der Waals surface area (Å²) in [5, 5.41) is 9.25. The first-order chi connectivity index (χ1) is 15.3. The first kappa shape index (κ1) is 25.1. The maximum Gasteiger partial charge on any atom is 0.305 e. The van der Waals surface area contributed by atoms with Gasteiger partial charge in [-0.2, -0.15) is 4.31 Å². The summed E-state index contributed by atoms with van der Waals surface area (Å²) >= 11 is 0. The zero-order chi connectivity index (χ0) is 23.7. The minimum Gasteiger partial charge on any atom is -0.497 e. The van der Waals surface area contributed by atoms with Crippen LogP contribution in [0.15, 0.2) is 53.4 Å². The number of hydrogen-bond donors (Lipinski definition) is 2. The quantitative estimate of drug-likeness (QED) is 0.291. The fraction of sp³-hybridized carbons (Fsp3) is 0.333. The Morgan fingerprint density at radius 1 is 0.969 bits per heavy atom. The zero-order valence-electron chi connectivity index (χ0n) is 18.0. The number of esters is 1. The van der Waals surface area contributed by atoms with Crippen molar-refractivity contribution in [2.75, 3.05) is 21.3 Å². The zero-order valence-corrected chi connectivity index (χ0v) is 18.8. The first-order valence-electron chi connectivity index (χ1n) is 9.56. The molecule has 0 saturated carbocycles. The van der Waals surface area contributed by atoms with Crippen LogP contribution in [-0.2, 0) is 30.9 Å². The molecule has 1 atom stereocenters. The van der Waals surface area contributed by atoms with Crippen LogP contribution in [0.3, 0.4) is 0 Å². The molecule has 0 aliphatic carbocycles. The van der Waals surface area contributed by atoms with Gasteiger partial charge < -0.3 is 14.2 Å². The number of sulfonamides is 1. The monoisotopic (exact) mass is 466 g/mol. The summed E-state index contributed by atoms with van der Waals surface area (Å²) < 4.78 is 42.8. The van der Waals surface area contributed by atoms with Crippen LogP contribution < -0.4 is 15.0 Å². The maximum absolute atomic E-state index is 13.5. The van der Waals surface area contributed by atoms with Gasteiger partial charge in [-0.25, -0.2) is 13.9 Å². The third-order valence-corrected chi connectivity index (χ3v) is 6.64. The second-order valence-electron chi connectivity index (χ2n) is 6.68. The number of hydroxylamine groups is 1. The van der Waals surface area contributed by atoms with E-state index in [0.717, 1.165) is 4.31 Å². The lowest BCUT2D eigenvalue weighted by Crippen LogP contribution is -2.48. The van der Waals surface area contributed by atoms with E-state index < -0.39 is 27.9 Å². The Kier molecular flexibility index (Phi) is 9.00. The van der Waals surface area contributed by atoms with Gasteiger partial charge in [-0.1, -0.05) is 12.1 Å². The molecule has 0 unspecified atom stereocenters. The second kappa shape index (κ2) is 11.5. The number of methoxy groups -OCH3 is 3. The van der Waals surface area contributed by atoms with Gasteiger partial charge in [0, 0.05) is 13.0 Å². The van der Waals surface area contributed by atoms with Crippen molar-refractivity contribution in [1.82, 2.24) is 9.79 Å². The molecule has 32 heavy (non-hydrogen) atoms. The number of hydrogen-bond acceptors (Lipinski definition) is 8. The largest absolute Gasteiger partial charge is 0.497 e. The summed E-state index contributed by atoms with van der Waals surface area (Å²) in [5.41, 5.74) is 2.06. The number of ether oxygens (including phenoxy) is 3. The number of nitrogens with zero attached hydrogens (tertiary/aromatic N) is 1. The van der Waals surface area contributed by atoms with Crippen LogP contribution in [0.4, 0.5) is 0 Å². The third kappa shape index (κ3) is 6.19. The van der Waals surface area contributed by atoms with Gasteiger partial charge >= 0.3 is 5.97 Å². The molecule has 0 aliphatic rings. The van der Waals surface area contributed by atoms with Crippen molar-refractivity contribution in [2.24, 2.45) is 0 Å². The molecule has 0 bridgehead atoms. The summed E-state index contributed by atoms with van der Waals surface area (Å²) in [4.78, 5) is 24.0. The van der Waals surface area contributed by atoms with E-state index in [4.69, 9.17) is 9.47 Å². The lowest BCUT2D eigenvalue weighted by molar-refractivity contribution is -0.141. The molecule has 174 valence electrons. The van der Waals surface area contributed by atoms with Crippen molar-refractivity contribution in [3.63, 3.8) is 0 Å². The maximum atomic E-state index is 13.5. The van der Waals surface area contributed by atoms with Crippen LogP contribution in [0, 0.1) is 0 Å². The predicted octanol–water partition coefficient (Wildman–Crippen LogP) is 1.72. The summed E-state index contributed by atoms with van der Waals surface area (Å²) in [6.07, 6.45) is -0.434. The van der Waals surface area contributed by atoms with E-state index >= 15 is 0 Å². The Balaban J connectivity index is 2.50. The SMILES string of the molecule is COC(=O)CC[C@H](C(=O)NO)N(Cc1ccc(OC)cc1)S(=O)(=O)c1ccc(OC)cc1. The van der Waals surface area contributed by atoms with Crippen LogP contribution in [0.5, 0.6) is 11.5 Å². The third-order valence-electron chi connectivity index (χ3n) is 4.77. The molecule has 2 rings (SSSR count). The van der Waals surface area contributed by atoms with Crippen molar-refractivity contribution in [1.29, 1.82) is 0 Å². The highest BCUT2D eigenvalue weighted by Crippen LogP contribution is 2.26. The molecule has 0 fully saturated rings. The van der Waals surface area contributed by atoms with Gasteiger partial charge in [0.1, 0.15) is 17.5 Å². The topological polar surface area (TPSA) is 131 Å². The van der Waals surface area contributed by atoms with Gasteiger partial charge in [0.05, 0.1) is 26.2 Å². The van der Waals surface area contributed by atoms with Crippen LogP contribution in [-0.4, -0.2) is 57.2 Å². The molecule has 2 aromatic rings. The Hall–Kier alpha value is -3.15. The normalized spacial score (nSPS) is 12.2. The molecule has 0 radical (unpaired) electrons. The molecule has 11 heteroatoms. The Morgan fingerprint density at radius 2 is 1.50 bits per heavy atom. The Labute approximate surface area is 186 Å². The Morgan fingerprint density at radius 3 is 1.97 bits per heavy atom. The van der Waals surface area contributed by atoms with Crippen molar-refractivity contribution in [3.8, 4) is 11.5 Å². The highest BCUT2D eigenvalue weighted by atomic mass is 32.2. The van der Waals surface area contributed by atoms with Crippen molar-refractivity contribution in [2.45, 2.75) is 30.3 Å². The van der Waals surface area contributed by atoms with E-state index in [0.29, 0.717) is 17.1 Å². The molecule has 2 N–H and O–H groups in total. The number of nitrogens with one attached hydrogen (secondary N) is 1. The number of carbonyl (C=O) groups excluding carboxylic acids is 2. The second-order valence-corrected chi connectivity index (χ2v) is 8.57. The number of benzene rings is 2. The minimum atomic E-state index is -4.23. The average molecular weight is 467 g/mol. The fourth-order valence-corrected chi connectivity index (χ4v) is 4.60. The van der Waals surface area contributed by atoms with Gasteiger partial charge in [0.15, 0.2) is 0 Å². The van der Waals surface area contributed by atoms with Gasteiger partial charge in [0.2, 0.25) is 10.0 Å². The first-order valence-corrected chi connectivity index (χ1v) is 11.0. The molecule has 0 saturated heterocycles. The lowest BCUT2D eigenvalue weighted by atomic mass is 10.1. The molecule has 0 heterocycles. The van der Waals surface area contributed by atoms with E-state index in [1.807, 2.05) is 0 Å². The number of rotatable bonds is 11. The minimum absolute atomic E-state index is 0.0828. The van der Waals surface area contributed by atoms with Crippen LogP contribution >= 0.6 is 0 Å². The summed E-state index contributed by atoms with van der Waals surface area (Å²) in [7, 11) is -0.0831. The van der Waals surface area contributed by atoms with Crippen molar-refractivity contribution in [3.05, 3.63) is 54.1 Å². The van der Waals surface area contributed by atoms with Crippen LogP contribution in [0.25, 0.3) is 0 Å². The van der Waals surface area contributed by atoms with E-state index in [1.165, 1.54) is 51.1 Å². The van der Waals surface area contributed by atoms with Crippen LogP contribution in [0.1, 0.15) is 18.4 Å². The smallest absolute Gasteiger partial charge is 0.305 e. The highest BCUT2D eigenvalue weighted by Gasteiger charge is 2.36. The van der Waals surface area contributed by atoms with E-state index in [2.05, 4.69) is 4.74 Å². The van der Waals surface area contributed by atoms with E-state index in [-0.39, 0.29) is 24.3 Å². The van der Waals surface area contributed by atoms with Gasteiger partial charge in [-0.05, 0) is 48.4 Å². The summed E-state index contributed by atoms with van der Waals surface area (Å²) in [6, 6.07) is 10.9. The molecule has 1 amide bonds. The molecular weight excluding hydrogens is 440 g/mol. The molecule has 0 aliphatic heterocycles. The van der Waals surface area contributed by atoms with E-state index in [9.17, 15) is 23.2 Å². The average Bonchev–Trinajstić information content (AvgIpc) is 2.83. The lowest BCUT2D eigenvalue weighted by Gasteiger charge is -2.29.